The van der Waals surface area contributed by atoms with E-state index in [1.165, 1.54) is 19.3 Å². The van der Waals surface area contributed by atoms with E-state index in [-0.39, 0.29) is 26.7 Å². The molecule has 0 saturated heterocycles. The fourth-order valence-corrected chi connectivity index (χ4v) is 1.13. The van der Waals surface area contributed by atoms with E-state index in [0.717, 1.165) is 12.0 Å². The molecule has 2 heteroatoms. The quantitative estimate of drug-likeness (QED) is 0.780. The van der Waals surface area contributed by atoms with Gasteiger partial charge in [-0.1, -0.05) is 18.2 Å². The van der Waals surface area contributed by atoms with Crippen LogP contribution in [0.15, 0.2) is 23.8 Å². The molecule has 0 saturated carbocycles. The van der Waals surface area contributed by atoms with Gasteiger partial charge in [-0.05, 0) is 31.3 Å². The van der Waals surface area contributed by atoms with E-state index in [9.17, 15) is 0 Å². The minimum absolute atomic E-state index is 0. The molecular formula is C9H14IrO. The Morgan fingerprint density at radius 3 is 2.91 bits per heavy atom. The summed E-state index contributed by atoms with van der Waals surface area (Å²) in [5, 5.41) is 8.81. The van der Waals surface area contributed by atoms with E-state index in [4.69, 9.17) is 5.11 Å². The zero-order chi connectivity index (χ0) is 7.23. The van der Waals surface area contributed by atoms with Gasteiger partial charge in [-0.3, -0.25) is 0 Å². The van der Waals surface area contributed by atoms with Crippen molar-refractivity contribution >= 4 is 0 Å². The molecule has 0 aliphatic heterocycles. The molecule has 0 aromatic rings. The average molecular weight is 330 g/mol. The topological polar surface area (TPSA) is 20.2 Å². The Balaban J connectivity index is 0.000001000. The fourth-order valence-electron chi connectivity index (χ4n) is 1.13. The normalized spacial score (nSPS) is 17.7. The summed E-state index contributed by atoms with van der Waals surface area (Å²) >= 11 is 0. The molecule has 0 spiro atoms. The molecule has 0 atom stereocenters. The molecule has 1 aliphatic carbocycles. The first kappa shape index (κ1) is 11.1. The number of aliphatic hydroxyl groups is 1. The smallest absolute Gasteiger partial charge is 0.0644 e. The molecule has 1 radical (unpaired) electrons. The van der Waals surface area contributed by atoms with Gasteiger partial charge in [-0.15, -0.1) is 0 Å². The second-order valence-corrected chi connectivity index (χ2v) is 2.66. The Bertz CT molecular complexity index is 150. The summed E-state index contributed by atoms with van der Waals surface area (Å²) in [6.07, 6.45) is 11.0. The Kier molecular flexibility index (Phi) is 6.83. The molecule has 0 amide bonds. The standard InChI is InChI=1S/C9H14O.Ir/c10-8-9-6-4-2-1-3-5-7-9;/h2,4,6,10H,1,3,5,7-8H2;. The van der Waals surface area contributed by atoms with Crippen molar-refractivity contribution < 1.29 is 25.2 Å². The molecule has 0 heterocycles. The summed E-state index contributed by atoms with van der Waals surface area (Å²) in [7, 11) is 0. The summed E-state index contributed by atoms with van der Waals surface area (Å²) in [5.74, 6) is 0. The van der Waals surface area contributed by atoms with Crippen LogP contribution < -0.4 is 0 Å². The van der Waals surface area contributed by atoms with Crippen LogP contribution in [0.1, 0.15) is 25.7 Å². The average Bonchev–Trinajstić information content (AvgIpc) is 1.87. The summed E-state index contributed by atoms with van der Waals surface area (Å²) in [6.45, 7) is 0.227. The van der Waals surface area contributed by atoms with E-state index < -0.39 is 0 Å². The van der Waals surface area contributed by atoms with Gasteiger partial charge in [0.1, 0.15) is 0 Å². The molecule has 1 rings (SSSR count). The van der Waals surface area contributed by atoms with E-state index in [2.05, 4.69) is 6.08 Å². The monoisotopic (exact) mass is 331 g/mol. The van der Waals surface area contributed by atoms with E-state index in [1.54, 1.807) is 0 Å². The third kappa shape index (κ3) is 4.52. The number of allylic oxidation sites excluding steroid dienone is 3. The predicted octanol–water partition coefficient (Wildman–Crippen LogP) is 2.03. The van der Waals surface area contributed by atoms with Crippen molar-refractivity contribution in [3.05, 3.63) is 23.8 Å². The van der Waals surface area contributed by atoms with Gasteiger partial charge in [0.15, 0.2) is 0 Å². The van der Waals surface area contributed by atoms with Crippen LogP contribution in [0.25, 0.3) is 0 Å². The van der Waals surface area contributed by atoms with Crippen molar-refractivity contribution in [2.45, 2.75) is 25.7 Å². The van der Waals surface area contributed by atoms with Crippen molar-refractivity contribution in [3.8, 4) is 0 Å². The molecular weight excluding hydrogens is 316 g/mol. The van der Waals surface area contributed by atoms with Crippen LogP contribution in [0.2, 0.25) is 0 Å². The molecule has 1 aliphatic rings. The van der Waals surface area contributed by atoms with Crippen molar-refractivity contribution in [3.63, 3.8) is 0 Å². The fraction of sp³-hybridized carbons (Fsp3) is 0.556. The van der Waals surface area contributed by atoms with Crippen molar-refractivity contribution in [1.29, 1.82) is 0 Å². The molecule has 0 aromatic heterocycles. The molecule has 65 valence electrons. The molecule has 0 bridgehead atoms. The Morgan fingerprint density at radius 2 is 2.18 bits per heavy atom. The number of rotatable bonds is 1. The number of aliphatic hydroxyl groups excluding tert-OH is 1. The van der Waals surface area contributed by atoms with Crippen molar-refractivity contribution in [1.82, 2.24) is 0 Å². The van der Waals surface area contributed by atoms with Gasteiger partial charge in [-0.2, -0.15) is 0 Å². The number of hydrogen-bond donors (Lipinski definition) is 1. The van der Waals surface area contributed by atoms with Crippen LogP contribution in [0.4, 0.5) is 0 Å². The first-order valence-corrected chi connectivity index (χ1v) is 3.89. The van der Waals surface area contributed by atoms with Gasteiger partial charge in [0.25, 0.3) is 0 Å². The summed E-state index contributed by atoms with van der Waals surface area (Å²) in [4.78, 5) is 0. The zero-order valence-electron chi connectivity index (χ0n) is 6.55. The van der Waals surface area contributed by atoms with Gasteiger partial charge in [0.05, 0.1) is 6.61 Å². The largest absolute Gasteiger partial charge is 0.392 e. The predicted molar refractivity (Wildman–Crippen MR) is 42.8 cm³/mol. The van der Waals surface area contributed by atoms with Crippen LogP contribution in [0, 0.1) is 0 Å². The third-order valence-corrected chi connectivity index (χ3v) is 1.79. The van der Waals surface area contributed by atoms with Crippen LogP contribution in [0.5, 0.6) is 0 Å². The van der Waals surface area contributed by atoms with Crippen LogP contribution in [-0.4, -0.2) is 11.7 Å². The van der Waals surface area contributed by atoms with Gasteiger partial charge < -0.3 is 5.11 Å². The van der Waals surface area contributed by atoms with Crippen LogP contribution >= 0.6 is 0 Å². The van der Waals surface area contributed by atoms with Crippen LogP contribution in [0.3, 0.4) is 0 Å². The molecule has 1 nitrogen and oxygen atoms in total. The Labute approximate surface area is 81.5 Å². The molecule has 0 aromatic carbocycles. The Morgan fingerprint density at radius 1 is 1.36 bits per heavy atom. The van der Waals surface area contributed by atoms with Gasteiger partial charge in [0.2, 0.25) is 0 Å². The summed E-state index contributed by atoms with van der Waals surface area (Å²) < 4.78 is 0. The summed E-state index contributed by atoms with van der Waals surface area (Å²) in [5.41, 5.74) is 1.16. The third-order valence-electron chi connectivity index (χ3n) is 1.79. The number of hydrogen-bond acceptors (Lipinski definition) is 1. The van der Waals surface area contributed by atoms with Gasteiger partial charge in [0, 0.05) is 20.1 Å². The zero-order valence-corrected chi connectivity index (χ0v) is 8.94. The molecule has 11 heavy (non-hydrogen) atoms. The minimum Gasteiger partial charge on any atom is -0.392 e. The maximum Gasteiger partial charge on any atom is 0.0644 e. The van der Waals surface area contributed by atoms with Crippen molar-refractivity contribution in [2.75, 3.05) is 6.61 Å². The van der Waals surface area contributed by atoms with Gasteiger partial charge >= 0.3 is 0 Å². The van der Waals surface area contributed by atoms with E-state index >= 15 is 0 Å². The summed E-state index contributed by atoms with van der Waals surface area (Å²) in [6, 6.07) is 0. The molecule has 0 unspecified atom stereocenters. The van der Waals surface area contributed by atoms with E-state index in [0.29, 0.717) is 0 Å². The Hall–Kier alpha value is 0.0894. The second kappa shape index (κ2) is 6.78. The molecule has 0 fully saturated rings. The van der Waals surface area contributed by atoms with Crippen LogP contribution in [-0.2, 0) is 20.1 Å². The second-order valence-electron chi connectivity index (χ2n) is 2.66. The SMILES string of the molecule is OCC1=CC=CCCCC1.[Ir]. The van der Waals surface area contributed by atoms with Gasteiger partial charge in [-0.25, -0.2) is 0 Å². The van der Waals surface area contributed by atoms with Crippen molar-refractivity contribution in [2.24, 2.45) is 0 Å². The minimum atomic E-state index is 0. The maximum absolute atomic E-state index is 8.81. The van der Waals surface area contributed by atoms with E-state index in [1.807, 2.05) is 12.2 Å². The first-order valence-electron chi connectivity index (χ1n) is 3.89. The molecule has 1 N–H and O–H groups in total. The maximum atomic E-state index is 8.81. The first-order chi connectivity index (χ1) is 4.93.